The molecule has 0 aromatic rings. The Kier molecular flexibility index (Phi) is 12.9. The van der Waals surface area contributed by atoms with Crippen LogP contribution in [0, 0.1) is 0 Å². The summed E-state index contributed by atoms with van der Waals surface area (Å²) >= 11 is 0. The predicted molar refractivity (Wildman–Crippen MR) is 39.8 cm³/mol. The number of aliphatic hydroxyl groups excluding tert-OH is 1. The number of carbonyl (C=O) groups is 1. The number of aldehydes is 1. The van der Waals surface area contributed by atoms with Crippen LogP contribution >= 0.6 is 7.60 Å². The fraction of sp³-hybridized carbons (Fsp3) is 0.833. The van der Waals surface area contributed by atoms with E-state index < -0.39 is 31.9 Å². The van der Waals surface area contributed by atoms with Crippen molar-refractivity contribution in [1.82, 2.24) is 0 Å². The molecule has 0 spiro atoms. The van der Waals surface area contributed by atoms with Crippen molar-refractivity contribution in [3.63, 3.8) is 0 Å². The predicted octanol–water partition coefficient (Wildman–Crippen LogP) is -8.39. The van der Waals surface area contributed by atoms with Gasteiger partial charge in [0.05, 0.1) is 6.10 Å². The van der Waals surface area contributed by atoms with Crippen LogP contribution in [0.4, 0.5) is 0 Å². The Balaban J connectivity index is -0.000000720. The molecule has 0 amide bonds. The van der Waals surface area contributed by atoms with Gasteiger partial charge in [0.1, 0.15) is 5.60 Å². The first-order valence-corrected chi connectivity index (χ1v) is 5.29. The van der Waals surface area contributed by atoms with Gasteiger partial charge in [-0.05, 0) is 19.5 Å². The van der Waals surface area contributed by atoms with Gasteiger partial charge < -0.3 is 29.4 Å². The Morgan fingerprint density at radius 2 is 1.87 bits per heavy atom. The second kappa shape index (κ2) is 8.78. The van der Waals surface area contributed by atoms with Gasteiger partial charge in [0.25, 0.3) is 0 Å². The van der Waals surface area contributed by atoms with Crippen molar-refractivity contribution in [2.45, 2.75) is 25.0 Å². The largest absolute Gasteiger partial charge is 1.00 e. The van der Waals surface area contributed by atoms with Gasteiger partial charge in [-0.1, -0.05) is 7.60 Å². The standard InChI is InChI=1S/C6H13O6P.2Na/c1-6(9,4-7)5(8)2-3-13(10,11)12;;/h4-5,8-9H,2-3H2,1H3,(H2,10,11,12);;/q;2*+1/p-2. The maximum atomic E-state index is 10.2. The first-order valence-electron chi connectivity index (χ1n) is 3.57. The van der Waals surface area contributed by atoms with Crippen LogP contribution in [0.1, 0.15) is 13.3 Å². The summed E-state index contributed by atoms with van der Waals surface area (Å²) in [6.07, 6.45) is -2.67. The summed E-state index contributed by atoms with van der Waals surface area (Å²) in [6, 6.07) is 0. The third-order valence-corrected chi connectivity index (χ3v) is 2.40. The summed E-state index contributed by atoms with van der Waals surface area (Å²) < 4.78 is 10.1. The Hall–Kier alpha value is 1.74. The molecule has 9 heteroatoms. The zero-order chi connectivity index (χ0) is 10.7. The zero-order valence-electron chi connectivity index (χ0n) is 9.04. The third kappa shape index (κ3) is 10.6. The third-order valence-electron chi connectivity index (χ3n) is 1.59. The van der Waals surface area contributed by atoms with E-state index in [1.807, 2.05) is 0 Å². The van der Waals surface area contributed by atoms with E-state index >= 15 is 0 Å². The minimum absolute atomic E-state index is 0. The van der Waals surface area contributed by atoms with Crippen LogP contribution in [0.3, 0.4) is 0 Å². The minimum Gasteiger partial charge on any atom is -0.811 e. The van der Waals surface area contributed by atoms with Gasteiger partial charge in [-0.3, -0.25) is 0 Å². The molecule has 0 aliphatic carbocycles. The molecule has 0 saturated carbocycles. The topological polar surface area (TPSA) is 121 Å². The molecule has 0 saturated heterocycles. The van der Waals surface area contributed by atoms with E-state index in [0.717, 1.165) is 6.92 Å². The molecular formula is C6H11Na2O6P. The van der Waals surface area contributed by atoms with Crippen LogP contribution in [-0.4, -0.2) is 34.4 Å². The summed E-state index contributed by atoms with van der Waals surface area (Å²) in [5.41, 5.74) is -2.00. The number of hydrogen-bond donors (Lipinski definition) is 2. The van der Waals surface area contributed by atoms with Gasteiger partial charge in [-0.2, -0.15) is 0 Å². The molecule has 0 aliphatic rings. The first-order chi connectivity index (χ1) is 5.69. The van der Waals surface area contributed by atoms with Gasteiger partial charge in [-0.15, -0.1) is 0 Å². The molecule has 2 atom stereocenters. The molecule has 78 valence electrons. The van der Waals surface area contributed by atoms with Crippen molar-refractivity contribution in [1.29, 1.82) is 0 Å². The van der Waals surface area contributed by atoms with E-state index in [9.17, 15) is 19.1 Å². The minimum atomic E-state index is -4.69. The van der Waals surface area contributed by atoms with Gasteiger partial charge >= 0.3 is 59.1 Å². The van der Waals surface area contributed by atoms with Gasteiger partial charge in [-0.25, -0.2) is 0 Å². The fourth-order valence-electron chi connectivity index (χ4n) is 0.651. The van der Waals surface area contributed by atoms with Gasteiger partial charge in [0.2, 0.25) is 0 Å². The van der Waals surface area contributed by atoms with E-state index in [1.54, 1.807) is 0 Å². The molecule has 0 aromatic heterocycles. The molecule has 0 aromatic carbocycles. The molecule has 15 heavy (non-hydrogen) atoms. The Morgan fingerprint density at radius 1 is 1.47 bits per heavy atom. The quantitative estimate of drug-likeness (QED) is 0.286. The summed E-state index contributed by atoms with van der Waals surface area (Å²) in [7, 11) is -4.69. The van der Waals surface area contributed by atoms with Crippen molar-refractivity contribution in [3.05, 3.63) is 0 Å². The smallest absolute Gasteiger partial charge is 0.811 e. The monoisotopic (exact) mass is 256 g/mol. The van der Waals surface area contributed by atoms with Gasteiger partial charge in [0.15, 0.2) is 6.29 Å². The van der Waals surface area contributed by atoms with Crippen LogP contribution in [-0.2, 0) is 9.36 Å². The number of aliphatic hydroxyl groups is 2. The number of carbonyl (C=O) groups excluding carboxylic acids is 1. The molecular weight excluding hydrogens is 245 g/mol. The average Bonchev–Trinajstić information content (AvgIpc) is 1.98. The number of hydrogen-bond acceptors (Lipinski definition) is 6. The zero-order valence-corrected chi connectivity index (χ0v) is 13.9. The molecule has 0 radical (unpaired) electrons. The Morgan fingerprint density at radius 3 is 2.13 bits per heavy atom. The summed E-state index contributed by atoms with van der Waals surface area (Å²) in [5, 5.41) is 18.1. The van der Waals surface area contributed by atoms with Crippen LogP contribution in [0.15, 0.2) is 0 Å². The molecule has 6 nitrogen and oxygen atoms in total. The summed E-state index contributed by atoms with van der Waals surface area (Å²) in [4.78, 5) is 30.4. The molecule has 2 unspecified atom stereocenters. The van der Waals surface area contributed by atoms with Crippen molar-refractivity contribution in [2.24, 2.45) is 0 Å². The maximum Gasteiger partial charge on any atom is 1.00 e. The van der Waals surface area contributed by atoms with Crippen LogP contribution in [0.25, 0.3) is 0 Å². The fourth-order valence-corrected chi connectivity index (χ4v) is 1.21. The first kappa shape index (κ1) is 22.0. The van der Waals surface area contributed by atoms with E-state index in [4.69, 9.17) is 10.2 Å². The molecule has 0 fully saturated rings. The Labute approximate surface area is 132 Å². The Bertz CT molecular complexity index is 228. The molecule has 0 heterocycles. The van der Waals surface area contributed by atoms with Crippen LogP contribution in [0.5, 0.6) is 0 Å². The van der Waals surface area contributed by atoms with E-state index in [1.165, 1.54) is 0 Å². The van der Waals surface area contributed by atoms with E-state index in [0.29, 0.717) is 0 Å². The molecule has 2 N–H and O–H groups in total. The van der Waals surface area contributed by atoms with E-state index in [2.05, 4.69) is 0 Å². The second-order valence-corrected chi connectivity index (χ2v) is 4.65. The van der Waals surface area contributed by atoms with Crippen molar-refractivity contribution < 1.29 is 88.5 Å². The number of rotatable bonds is 5. The molecule has 0 bridgehead atoms. The average molecular weight is 256 g/mol. The summed E-state index contributed by atoms with van der Waals surface area (Å²) in [5.74, 6) is 0. The molecule has 0 rings (SSSR count). The second-order valence-electron chi connectivity index (χ2n) is 2.98. The molecule has 0 aliphatic heterocycles. The SMILES string of the molecule is CC(O)(C=O)C(O)CCP(=O)([O-])[O-].[Na+].[Na+]. The van der Waals surface area contributed by atoms with Crippen molar-refractivity contribution in [2.75, 3.05) is 6.16 Å². The van der Waals surface area contributed by atoms with Crippen molar-refractivity contribution >= 4 is 13.9 Å². The van der Waals surface area contributed by atoms with Gasteiger partial charge in [0, 0.05) is 0 Å². The van der Waals surface area contributed by atoms with Crippen molar-refractivity contribution in [3.8, 4) is 0 Å². The van der Waals surface area contributed by atoms with E-state index in [-0.39, 0.29) is 65.4 Å². The normalized spacial score (nSPS) is 16.6. The maximum absolute atomic E-state index is 10.2. The van der Waals surface area contributed by atoms with Crippen LogP contribution in [0.2, 0.25) is 0 Å². The summed E-state index contributed by atoms with van der Waals surface area (Å²) in [6.45, 7) is 1.03. The van der Waals surface area contributed by atoms with Crippen LogP contribution < -0.4 is 68.9 Å².